The average Bonchev–Trinajstić information content (AvgIpc) is 3.23. The summed E-state index contributed by atoms with van der Waals surface area (Å²) < 4.78 is 10.9. The molecule has 0 aliphatic heterocycles. The fourth-order valence-electron chi connectivity index (χ4n) is 4.08. The lowest BCUT2D eigenvalue weighted by molar-refractivity contribution is -0.124. The molecule has 0 spiro atoms. The minimum atomic E-state index is -0.500. The average molecular weight is 418 g/mol. The van der Waals surface area contributed by atoms with Crippen molar-refractivity contribution in [3.63, 3.8) is 0 Å². The van der Waals surface area contributed by atoms with Crippen LogP contribution in [0.25, 0.3) is 22.6 Å². The van der Waals surface area contributed by atoms with Gasteiger partial charge in [-0.15, -0.1) is 0 Å². The Morgan fingerprint density at radius 1 is 1.23 bits per heavy atom. The maximum absolute atomic E-state index is 13.2. The molecule has 0 fully saturated rings. The van der Waals surface area contributed by atoms with Crippen LogP contribution < -0.4 is 5.32 Å². The van der Waals surface area contributed by atoms with E-state index < -0.39 is 5.97 Å². The molecule has 3 aromatic rings. The summed E-state index contributed by atoms with van der Waals surface area (Å²) in [5.41, 5.74) is 3.91. The number of rotatable bonds is 5. The molecule has 0 saturated carbocycles. The Balaban J connectivity index is 1.79. The summed E-state index contributed by atoms with van der Waals surface area (Å²) in [6.07, 6.45) is 5.18. The van der Waals surface area contributed by atoms with Gasteiger partial charge in [-0.2, -0.15) is 0 Å². The SMILES string of the molecule is CC(C)NC(=O)COC(=O)c1c2c(nc3ccccc13)/C(=C\c1ccco1)C[C@@H](C)C2. The number of hydrogen-bond acceptors (Lipinski definition) is 5. The monoisotopic (exact) mass is 418 g/mol. The fraction of sp³-hybridized carbons (Fsp3) is 0.320. The number of hydrogen-bond donors (Lipinski definition) is 1. The highest BCUT2D eigenvalue weighted by molar-refractivity contribution is 6.07. The first-order chi connectivity index (χ1) is 14.9. The van der Waals surface area contributed by atoms with Crippen molar-refractivity contribution in [2.75, 3.05) is 6.61 Å². The Kier molecular flexibility index (Phi) is 5.89. The number of allylic oxidation sites excluding steroid dienone is 1. The molecule has 2 aromatic heterocycles. The summed E-state index contributed by atoms with van der Waals surface area (Å²) in [7, 11) is 0. The molecule has 1 aliphatic carbocycles. The second kappa shape index (κ2) is 8.76. The topological polar surface area (TPSA) is 81.4 Å². The van der Waals surface area contributed by atoms with Crippen LogP contribution in [0.15, 0.2) is 47.1 Å². The molecule has 1 amide bonds. The lowest BCUT2D eigenvalue weighted by atomic mass is 9.81. The summed E-state index contributed by atoms with van der Waals surface area (Å²) >= 11 is 0. The number of aromatic nitrogens is 1. The lowest BCUT2D eigenvalue weighted by Crippen LogP contribution is -2.34. The third kappa shape index (κ3) is 4.53. The zero-order chi connectivity index (χ0) is 22.0. The molecular formula is C25H26N2O4. The number of esters is 1. The molecule has 4 rings (SSSR count). The van der Waals surface area contributed by atoms with Crippen molar-refractivity contribution < 1.29 is 18.7 Å². The van der Waals surface area contributed by atoms with E-state index in [2.05, 4.69) is 12.2 Å². The number of nitrogens with one attached hydrogen (secondary N) is 1. The normalized spacial score (nSPS) is 17.0. The van der Waals surface area contributed by atoms with E-state index in [-0.39, 0.29) is 18.6 Å². The van der Waals surface area contributed by atoms with Crippen LogP contribution in [0.3, 0.4) is 0 Å². The molecular weight excluding hydrogens is 392 g/mol. The van der Waals surface area contributed by atoms with E-state index in [4.69, 9.17) is 14.1 Å². The van der Waals surface area contributed by atoms with E-state index in [1.165, 1.54) is 0 Å². The molecule has 160 valence electrons. The predicted octanol–water partition coefficient (Wildman–Crippen LogP) is 4.63. The van der Waals surface area contributed by atoms with Gasteiger partial charge in [-0.1, -0.05) is 25.1 Å². The van der Waals surface area contributed by atoms with Crippen molar-refractivity contribution in [3.05, 3.63) is 65.2 Å². The molecule has 1 aliphatic rings. The third-order valence-electron chi connectivity index (χ3n) is 5.27. The van der Waals surface area contributed by atoms with Crippen LogP contribution in [0.2, 0.25) is 0 Å². The highest BCUT2D eigenvalue weighted by Gasteiger charge is 2.29. The summed E-state index contributed by atoms with van der Waals surface area (Å²) in [6.45, 7) is 5.56. The van der Waals surface area contributed by atoms with Crippen LogP contribution in [-0.4, -0.2) is 29.5 Å². The van der Waals surface area contributed by atoms with Crippen LogP contribution in [0, 0.1) is 5.92 Å². The molecule has 6 nitrogen and oxygen atoms in total. The predicted molar refractivity (Wildman–Crippen MR) is 119 cm³/mol. The Morgan fingerprint density at radius 2 is 2.03 bits per heavy atom. The van der Waals surface area contributed by atoms with Crippen molar-refractivity contribution in [2.24, 2.45) is 5.92 Å². The van der Waals surface area contributed by atoms with Gasteiger partial charge >= 0.3 is 5.97 Å². The standard InChI is InChI=1S/C25H26N2O4/c1-15(2)26-22(28)14-31-25(29)23-19-8-4-5-9-21(19)27-24-17(11-16(3)12-20(23)24)13-18-7-6-10-30-18/h4-10,13,15-16H,11-12,14H2,1-3H3,(H,26,28)/b17-13-/t16-/m1/s1. The van der Waals surface area contributed by atoms with Gasteiger partial charge in [0, 0.05) is 11.4 Å². The first-order valence-electron chi connectivity index (χ1n) is 10.5. The number of furan rings is 1. The molecule has 0 bridgehead atoms. The van der Waals surface area contributed by atoms with Gasteiger partial charge in [0.25, 0.3) is 5.91 Å². The summed E-state index contributed by atoms with van der Waals surface area (Å²) in [5, 5.41) is 3.48. The maximum atomic E-state index is 13.2. The number of nitrogens with zero attached hydrogens (tertiary/aromatic N) is 1. The minimum absolute atomic E-state index is 0.0177. The molecule has 0 radical (unpaired) electrons. The van der Waals surface area contributed by atoms with Crippen LogP contribution in [0.1, 0.15) is 54.6 Å². The van der Waals surface area contributed by atoms with E-state index >= 15 is 0 Å². The van der Waals surface area contributed by atoms with Gasteiger partial charge in [0.1, 0.15) is 5.76 Å². The molecule has 2 heterocycles. The van der Waals surface area contributed by atoms with E-state index in [1.807, 2.05) is 56.3 Å². The number of carbonyl (C=O) groups excluding carboxylic acids is 2. The number of amides is 1. The van der Waals surface area contributed by atoms with Crippen LogP contribution in [0.5, 0.6) is 0 Å². The first-order valence-corrected chi connectivity index (χ1v) is 10.5. The molecule has 1 N–H and O–H groups in total. The number of pyridine rings is 1. The highest BCUT2D eigenvalue weighted by atomic mass is 16.5. The van der Waals surface area contributed by atoms with Gasteiger partial charge < -0.3 is 14.5 Å². The quantitative estimate of drug-likeness (QED) is 0.611. The maximum Gasteiger partial charge on any atom is 0.339 e. The van der Waals surface area contributed by atoms with E-state index in [0.29, 0.717) is 17.9 Å². The van der Waals surface area contributed by atoms with Crippen LogP contribution in [-0.2, 0) is 16.0 Å². The van der Waals surface area contributed by atoms with Gasteiger partial charge in [-0.05, 0) is 68.0 Å². The van der Waals surface area contributed by atoms with Gasteiger partial charge in [-0.25, -0.2) is 9.78 Å². The molecule has 0 saturated heterocycles. The first kappa shape index (κ1) is 20.8. The number of benzene rings is 1. The second-order valence-electron chi connectivity index (χ2n) is 8.33. The van der Waals surface area contributed by atoms with Crippen LogP contribution >= 0.6 is 0 Å². The Hall–Kier alpha value is -3.41. The van der Waals surface area contributed by atoms with E-state index in [0.717, 1.165) is 39.9 Å². The zero-order valence-corrected chi connectivity index (χ0v) is 18.0. The molecule has 6 heteroatoms. The summed E-state index contributed by atoms with van der Waals surface area (Å²) in [5.74, 6) is 0.259. The van der Waals surface area contributed by atoms with Crippen molar-refractivity contribution >= 4 is 34.4 Å². The van der Waals surface area contributed by atoms with Crippen molar-refractivity contribution in [3.8, 4) is 0 Å². The molecule has 0 unspecified atom stereocenters. The highest BCUT2D eigenvalue weighted by Crippen LogP contribution is 2.38. The smallest absolute Gasteiger partial charge is 0.339 e. The van der Waals surface area contributed by atoms with Crippen molar-refractivity contribution in [2.45, 2.75) is 39.7 Å². The zero-order valence-electron chi connectivity index (χ0n) is 18.0. The Bertz CT molecular complexity index is 1150. The number of carbonyl (C=O) groups is 2. The van der Waals surface area contributed by atoms with E-state index in [9.17, 15) is 9.59 Å². The molecule has 31 heavy (non-hydrogen) atoms. The van der Waals surface area contributed by atoms with Crippen molar-refractivity contribution in [1.29, 1.82) is 0 Å². The van der Waals surface area contributed by atoms with Gasteiger partial charge in [0.2, 0.25) is 0 Å². The molecule has 1 atom stereocenters. The van der Waals surface area contributed by atoms with Gasteiger partial charge in [0.05, 0.1) is 23.0 Å². The van der Waals surface area contributed by atoms with Crippen LogP contribution in [0.4, 0.5) is 0 Å². The minimum Gasteiger partial charge on any atom is -0.465 e. The van der Waals surface area contributed by atoms with Gasteiger partial charge in [-0.3, -0.25) is 4.79 Å². The number of para-hydroxylation sites is 1. The second-order valence-corrected chi connectivity index (χ2v) is 8.33. The summed E-state index contributed by atoms with van der Waals surface area (Å²) in [6, 6.07) is 11.3. The number of ether oxygens (including phenoxy) is 1. The van der Waals surface area contributed by atoms with E-state index in [1.54, 1.807) is 6.26 Å². The largest absolute Gasteiger partial charge is 0.465 e. The third-order valence-corrected chi connectivity index (χ3v) is 5.27. The number of fused-ring (bicyclic) bond motifs is 2. The summed E-state index contributed by atoms with van der Waals surface area (Å²) in [4.78, 5) is 30.1. The Morgan fingerprint density at radius 3 is 2.77 bits per heavy atom. The fourth-order valence-corrected chi connectivity index (χ4v) is 4.08. The lowest BCUT2D eigenvalue weighted by Gasteiger charge is -2.26. The van der Waals surface area contributed by atoms with Gasteiger partial charge in [0.15, 0.2) is 6.61 Å². The van der Waals surface area contributed by atoms with Crippen molar-refractivity contribution in [1.82, 2.24) is 10.3 Å². The Labute approximate surface area is 181 Å². The molecule has 1 aromatic carbocycles.